The number of H-pyrrole nitrogens is 1. The summed E-state index contributed by atoms with van der Waals surface area (Å²) in [6, 6.07) is 5.95. The Hall–Kier alpha value is -3.33. The number of unbranched alkanes of at least 4 members (excludes halogenated alkanes) is 2. The van der Waals surface area contributed by atoms with Gasteiger partial charge in [0.15, 0.2) is 0 Å². The van der Waals surface area contributed by atoms with Gasteiger partial charge < -0.3 is 19.5 Å². The van der Waals surface area contributed by atoms with E-state index in [1.165, 1.54) is 24.6 Å². The second-order valence-electron chi connectivity index (χ2n) is 9.84. The Morgan fingerprint density at radius 3 is 2.69 bits per heavy atom. The first-order valence-corrected chi connectivity index (χ1v) is 12.7. The molecule has 36 heavy (non-hydrogen) atoms. The molecular formula is C27H31FN4O4. The summed E-state index contributed by atoms with van der Waals surface area (Å²) < 4.78 is 23.9. The SMILES string of the molecule is O=C(CCCCCC(NC(=O)C1CC12CCOCC2)c1ncc(-c2ccc(F)cc2)[nH]1)c1ncco1. The fourth-order valence-electron chi connectivity index (χ4n) is 5.17. The van der Waals surface area contributed by atoms with E-state index in [0.717, 1.165) is 56.6 Å². The van der Waals surface area contributed by atoms with E-state index in [1.807, 2.05) is 0 Å². The van der Waals surface area contributed by atoms with Gasteiger partial charge in [-0.3, -0.25) is 9.59 Å². The van der Waals surface area contributed by atoms with Crippen molar-refractivity contribution in [3.8, 4) is 11.3 Å². The van der Waals surface area contributed by atoms with Crippen molar-refractivity contribution in [2.24, 2.45) is 11.3 Å². The van der Waals surface area contributed by atoms with Crippen molar-refractivity contribution >= 4 is 11.7 Å². The van der Waals surface area contributed by atoms with E-state index in [0.29, 0.717) is 25.1 Å². The van der Waals surface area contributed by atoms with Crippen molar-refractivity contribution in [2.75, 3.05) is 13.2 Å². The Labute approximate surface area is 209 Å². The molecule has 3 aromatic rings. The number of carbonyl (C=O) groups is 2. The number of rotatable bonds is 11. The normalized spacial score (nSPS) is 19.2. The molecule has 8 nitrogen and oxygen atoms in total. The summed E-state index contributed by atoms with van der Waals surface area (Å²) in [4.78, 5) is 37.1. The lowest BCUT2D eigenvalue weighted by Crippen LogP contribution is -2.33. The number of aromatic nitrogens is 3. The number of imidazole rings is 1. The minimum absolute atomic E-state index is 0.0221. The summed E-state index contributed by atoms with van der Waals surface area (Å²) in [5, 5.41) is 3.24. The first kappa shape index (κ1) is 24.4. The third-order valence-electron chi connectivity index (χ3n) is 7.46. The number of hydrogen-bond donors (Lipinski definition) is 2. The molecular weight excluding hydrogens is 463 g/mol. The zero-order chi connectivity index (χ0) is 25.0. The predicted molar refractivity (Wildman–Crippen MR) is 129 cm³/mol. The van der Waals surface area contributed by atoms with E-state index in [-0.39, 0.29) is 40.8 Å². The average molecular weight is 495 g/mol. The third kappa shape index (κ3) is 5.56. The van der Waals surface area contributed by atoms with E-state index in [1.54, 1.807) is 18.3 Å². The molecule has 2 aliphatic rings. The van der Waals surface area contributed by atoms with Crippen LogP contribution in [0.15, 0.2) is 47.3 Å². The molecule has 1 amide bonds. The molecule has 2 unspecified atom stereocenters. The number of Topliss-reactive ketones (excluding diaryl/α,β-unsaturated/α-hetero) is 1. The number of hydrogen-bond acceptors (Lipinski definition) is 6. The number of carbonyl (C=O) groups excluding carboxylic acids is 2. The van der Waals surface area contributed by atoms with Gasteiger partial charge in [-0.25, -0.2) is 14.4 Å². The molecule has 1 aliphatic carbocycles. The highest BCUT2D eigenvalue weighted by Crippen LogP contribution is 2.59. The maximum atomic E-state index is 13.3. The topological polar surface area (TPSA) is 110 Å². The molecule has 2 aromatic heterocycles. The molecule has 9 heteroatoms. The molecule has 5 rings (SSSR count). The van der Waals surface area contributed by atoms with E-state index in [2.05, 4.69) is 20.3 Å². The Kier molecular flexibility index (Phi) is 7.27. The zero-order valence-corrected chi connectivity index (χ0v) is 20.2. The molecule has 1 saturated carbocycles. The molecule has 1 spiro atoms. The van der Waals surface area contributed by atoms with Gasteiger partial charge in [0.05, 0.1) is 24.1 Å². The highest BCUT2D eigenvalue weighted by molar-refractivity contribution is 5.91. The molecule has 1 aromatic carbocycles. The molecule has 190 valence electrons. The van der Waals surface area contributed by atoms with Gasteiger partial charge >= 0.3 is 0 Å². The van der Waals surface area contributed by atoms with Crippen LogP contribution >= 0.6 is 0 Å². The lowest BCUT2D eigenvalue weighted by molar-refractivity contribution is -0.124. The summed E-state index contributed by atoms with van der Waals surface area (Å²) >= 11 is 0. The fraction of sp³-hybridized carbons (Fsp3) is 0.481. The third-order valence-corrected chi connectivity index (χ3v) is 7.46. The molecule has 2 N–H and O–H groups in total. The molecule has 2 fully saturated rings. The number of nitrogens with zero attached hydrogens (tertiary/aromatic N) is 2. The Balaban J connectivity index is 1.21. The first-order valence-electron chi connectivity index (χ1n) is 12.7. The minimum Gasteiger partial charge on any atom is -0.442 e. The van der Waals surface area contributed by atoms with Crippen molar-refractivity contribution in [3.63, 3.8) is 0 Å². The number of ketones is 1. The lowest BCUT2D eigenvalue weighted by Gasteiger charge is -2.23. The summed E-state index contributed by atoms with van der Waals surface area (Å²) in [5.41, 5.74) is 1.69. The minimum atomic E-state index is -0.295. The summed E-state index contributed by atoms with van der Waals surface area (Å²) in [5.74, 6) is 0.525. The number of amides is 1. The van der Waals surface area contributed by atoms with Crippen molar-refractivity contribution < 1.29 is 23.1 Å². The van der Waals surface area contributed by atoms with Gasteiger partial charge in [-0.1, -0.05) is 12.8 Å². The van der Waals surface area contributed by atoms with E-state index in [4.69, 9.17) is 9.15 Å². The molecule has 1 saturated heterocycles. The van der Waals surface area contributed by atoms with Gasteiger partial charge in [0.25, 0.3) is 5.89 Å². The van der Waals surface area contributed by atoms with Crippen LogP contribution in [-0.4, -0.2) is 39.9 Å². The van der Waals surface area contributed by atoms with Crippen LogP contribution in [0.1, 0.15) is 73.9 Å². The van der Waals surface area contributed by atoms with Gasteiger partial charge in [0.2, 0.25) is 11.7 Å². The van der Waals surface area contributed by atoms with Crippen LogP contribution in [0.25, 0.3) is 11.3 Å². The Morgan fingerprint density at radius 1 is 1.14 bits per heavy atom. The highest BCUT2D eigenvalue weighted by atomic mass is 19.1. The predicted octanol–water partition coefficient (Wildman–Crippen LogP) is 5.01. The average Bonchev–Trinajstić information content (AvgIpc) is 3.29. The smallest absolute Gasteiger partial charge is 0.263 e. The molecule has 0 radical (unpaired) electrons. The number of aromatic amines is 1. The van der Waals surface area contributed by atoms with Crippen molar-refractivity contribution in [1.82, 2.24) is 20.3 Å². The van der Waals surface area contributed by atoms with Crippen LogP contribution in [0.5, 0.6) is 0 Å². The molecule has 3 heterocycles. The highest BCUT2D eigenvalue weighted by Gasteiger charge is 2.58. The second kappa shape index (κ2) is 10.7. The van der Waals surface area contributed by atoms with E-state index in [9.17, 15) is 14.0 Å². The van der Waals surface area contributed by atoms with Crippen LogP contribution in [0.2, 0.25) is 0 Å². The fourth-order valence-corrected chi connectivity index (χ4v) is 5.17. The quantitative estimate of drug-likeness (QED) is 0.286. The monoisotopic (exact) mass is 494 g/mol. The maximum Gasteiger partial charge on any atom is 0.263 e. The van der Waals surface area contributed by atoms with Crippen LogP contribution in [0.4, 0.5) is 4.39 Å². The van der Waals surface area contributed by atoms with Crippen LogP contribution < -0.4 is 5.32 Å². The summed E-state index contributed by atoms with van der Waals surface area (Å²) in [6.07, 6.45) is 10.8. The standard InChI is InChI=1S/C27H31FN4O4/c28-19-8-6-18(7-9-19)22-17-30-24(31-22)21(4-2-1-3-5-23(33)26-29-12-15-36-26)32-25(34)20-16-27(20)10-13-35-14-11-27/h6-9,12,15,17,20-21H,1-5,10-11,13-14,16H2,(H,30,31)(H,32,34). The van der Waals surface area contributed by atoms with Gasteiger partial charge in [0.1, 0.15) is 17.9 Å². The lowest BCUT2D eigenvalue weighted by atomic mass is 9.93. The van der Waals surface area contributed by atoms with Gasteiger partial charge in [-0.15, -0.1) is 0 Å². The first-order chi connectivity index (χ1) is 17.5. The molecule has 2 atom stereocenters. The zero-order valence-electron chi connectivity index (χ0n) is 20.2. The number of benzene rings is 1. The molecule has 1 aliphatic heterocycles. The number of ether oxygens (including phenoxy) is 1. The van der Waals surface area contributed by atoms with Crippen molar-refractivity contribution in [3.05, 3.63) is 60.5 Å². The second-order valence-corrected chi connectivity index (χ2v) is 9.84. The van der Waals surface area contributed by atoms with Crippen LogP contribution in [-0.2, 0) is 9.53 Å². The van der Waals surface area contributed by atoms with Crippen LogP contribution in [0, 0.1) is 17.2 Å². The Bertz CT molecular complexity index is 1170. The van der Waals surface area contributed by atoms with Crippen molar-refractivity contribution in [1.29, 1.82) is 0 Å². The van der Waals surface area contributed by atoms with Gasteiger partial charge in [-0.05, 0) is 67.3 Å². The van der Waals surface area contributed by atoms with Crippen LogP contribution in [0.3, 0.4) is 0 Å². The molecule has 0 bridgehead atoms. The van der Waals surface area contributed by atoms with Gasteiger partial charge in [0, 0.05) is 25.6 Å². The number of oxazole rings is 1. The van der Waals surface area contributed by atoms with Crippen molar-refractivity contribution in [2.45, 2.75) is 57.4 Å². The van der Waals surface area contributed by atoms with Gasteiger partial charge in [-0.2, -0.15) is 0 Å². The maximum absolute atomic E-state index is 13.3. The Morgan fingerprint density at radius 2 is 1.94 bits per heavy atom. The summed E-state index contributed by atoms with van der Waals surface area (Å²) in [7, 11) is 0. The number of halogens is 1. The summed E-state index contributed by atoms with van der Waals surface area (Å²) in [6.45, 7) is 1.44. The largest absolute Gasteiger partial charge is 0.442 e. The van der Waals surface area contributed by atoms with E-state index < -0.39 is 0 Å². The van der Waals surface area contributed by atoms with E-state index >= 15 is 0 Å². The number of nitrogens with one attached hydrogen (secondary N) is 2.